The molecule has 3 rings (SSSR count). The summed E-state index contributed by atoms with van der Waals surface area (Å²) in [6.45, 7) is 3.53. The van der Waals surface area contributed by atoms with E-state index in [4.69, 9.17) is 9.47 Å². The van der Waals surface area contributed by atoms with Crippen LogP contribution in [0.1, 0.15) is 17.5 Å². The van der Waals surface area contributed by atoms with Gasteiger partial charge in [0, 0.05) is 18.8 Å². The van der Waals surface area contributed by atoms with Crippen molar-refractivity contribution in [3.63, 3.8) is 0 Å². The van der Waals surface area contributed by atoms with Crippen LogP contribution < -0.4 is 4.90 Å². The Hall–Kier alpha value is -2.37. The second-order valence-corrected chi connectivity index (χ2v) is 6.41. The SMILES string of the molecule is O=C(OCc1ccccc1)[C@H](O)CCc1ccc(N2CCOCC2)cc1. The Kier molecular flexibility index (Phi) is 6.63. The lowest BCUT2D eigenvalue weighted by atomic mass is 10.1. The monoisotopic (exact) mass is 355 g/mol. The van der Waals surface area contributed by atoms with Gasteiger partial charge in [0.2, 0.25) is 0 Å². The zero-order valence-electron chi connectivity index (χ0n) is 14.8. The molecule has 5 heteroatoms. The molecule has 5 nitrogen and oxygen atoms in total. The minimum absolute atomic E-state index is 0.185. The summed E-state index contributed by atoms with van der Waals surface area (Å²) in [7, 11) is 0. The highest BCUT2D eigenvalue weighted by Gasteiger charge is 2.17. The Labute approximate surface area is 154 Å². The quantitative estimate of drug-likeness (QED) is 0.774. The number of aryl methyl sites for hydroxylation is 1. The molecule has 2 aromatic rings. The van der Waals surface area contributed by atoms with Crippen molar-refractivity contribution < 1.29 is 19.4 Å². The molecule has 1 fully saturated rings. The van der Waals surface area contributed by atoms with Gasteiger partial charge in [-0.05, 0) is 36.1 Å². The second-order valence-electron chi connectivity index (χ2n) is 6.41. The zero-order chi connectivity index (χ0) is 18.2. The van der Waals surface area contributed by atoms with E-state index >= 15 is 0 Å². The van der Waals surface area contributed by atoms with Gasteiger partial charge in [-0.1, -0.05) is 42.5 Å². The normalized spacial score (nSPS) is 15.5. The highest BCUT2D eigenvalue weighted by molar-refractivity contribution is 5.74. The third-order valence-corrected chi connectivity index (χ3v) is 4.52. The van der Waals surface area contributed by atoms with Gasteiger partial charge in [0.1, 0.15) is 6.61 Å². The molecular weight excluding hydrogens is 330 g/mol. The summed E-state index contributed by atoms with van der Waals surface area (Å²) in [5.74, 6) is -0.571. The summed E-state index contributed by atoms with van der Waals surface area (Å²) in [6.07, 6.45) is -0.118. The first-order valence-corrected chi connectivity index (χ1v) is 9.02. The van der Waals surface area contributed by atoms with E-state index in [2.05, 4.69) is 17.0 Å². The van der Waals surface area contributed by atoms with Crippen molar-refractivity contribution in [2.24, 2.45) is 0 Å². The number of benzene rings is 2. The fourth-order valence-electron chi connectivity index (χ4n) is 2.94. The highest BCUT2D eigenvalue weighted by atomic mass is 16.5. The number of aliphatic hydroxyl groups is 1. The molecule has 0 radical (unpaired) electrons. The van der Waals surface area contributed by atoms with E-state index in [1.165, 1.54) is 5.69 Å². The van der Waals surface area contributed by atoms with Crippen LogP contribution in [0, 0.1) is 0 Å². The molecule has 1 heterocycles. The van der Waals surface area contributed by atoms with Crippen molar-refractivity contribution in [2.75, 3.05) is 31.2 Å². The topological polar surface area (TPSA) is 59.0 Å². The summed E-state index contributed by atoms with van der Waals surface area (Å²) in [5.41, 5.74) is 3.18. The molecule has 1 aliphatic heterocycles. The van der Waals surface area contributed by atoms with E-state index in [0.29, 0.717) is 12.8 Å². The Morgan fingerprint density at radius 2 is 1.73 bits per heavy atom. The largest absolute Gasteiger partial charge is 0.459 e. The van der Waals surface area contributed by atoms with Gasteiger partial charge < -0.3 is 19.5 Å². The number of rotatable bonds is 7. The summed E-state index contributed by atoms with van der Waals surface area (Å²) < 4.78 is 10.5. The van der Waals surface area contributed by atoms with E-state index in [-0.39, 0.29) is 6.61 Å². The molecule has 0 aliphatic carbocycles. The smallest absolute Gasteiger partial charge is 0.335 e. The van der Waals surface area contributed by atoms with Gasteiger partial charge in [0.15, 0.2) is 6.10 Å². The van der Waals surface area contributed by atoms with Crippen molar-refractivity contribution in [1.82, 2.24) is 0 Å². The predicted molar refractivity (Wildman–Crippen MR) is 100 cm³/mol. The van der Waals surface area contributed by atoms with E-state index in [9.17, 15) is 9.90 Å². The number of hydrogen-bond acceptors (Lipinski definition) is 5. The fourth-order valence-corrected chi connectivity index (χ4v) is 2.94. The molecule has 0 bridgehead atoms. The van der Waals surface area contributed by atoms with Crippen molar-refractivity contribution in [3.05, 3.63) is 65.7 Å². The number of ether oxygens (including phenoxy) is 2. The first-order chi connectivity index (χ1) is 12.7. The lowest BCUT2D eigenvalue weighted by molar-refractivity contribution is -0.155. The highest BCUT2D eigenvalue weighted by Crippen LogP contribution is 2.18. The van der Waals surface area contributed by atoms with Crippen LogP contribution in [0.4, 0.5) is 5.69 Å². The number of carbonyl (C=O) groups excluding carboxylic acids is 1. The number of anilines is 1. The molecule has 1 atom stereocenters. The number of esters is 1. The Morgan fingerprint density at radius 1 is 1.04 bits per heavy atom. The van der Waals surface area contributed by atoms with Crippen molar-refractivity contribution in [1.29, 1.82) is 0 Å². The number of aliphatic hydroxyl groups excluding tert-OH is 1. The van der Waals surface area contributed by atoms with Gasteiger partial charge in [-0.3, -0.25) is 0 Å². The van der Waals surface area contributed by atoms with Crippen LogP contribution in [0.15, 0.2) is 54.6 Å². The van der Waals surface area contributed by atoms with Crippen molar-refractivity contribution >= 4 is 11.7 Å². The summed E-state index contributed by atoms with van der Waals surface area (Å²) >= 11 is 0. The average Bonchev–Trinajstić information content (AvgIpc) is 2.72. The summed E-state index contributed by atoms with van der Waals surface area (Å²) in [4.78, 5) is 14.2. The van der Waals surface area contributed by atoms with Gasteiger partial charge >= 0.3 is 5.97 Å². The molecule has 26 heavy (non-hydrogen) atoms. The Bertz CT molecular complexity index is 681. The third kappa shape index (κ3) is 5.31. The van der Waals surface area contributed by atoms with Gasteiger partial charge in [-0.2, -0.15) is 0 Å². The maximum Gasteiger partial charge on any atom is 0.335 e. The van der Waals surface area contributed by atoms with Crippen molar-refractivity contribution in [2.45, 2.75) is 25.6 Å². The van der Waals surface area contributed by atoms with Crippen LogP contribution in [0.5, 0.6) is 0 Å². The van der Waals surface area contributed by atoms with Crippen molar-refractivity contribution in [3.8, 4) is 0 Å². The first kappa shape index (κ1) is 18.4. The van der Waals surface area contributed by atoms with Gasteiger partial charge in [-0.25, -0.2) is 4.79 Å². The van der Waals surface area contributed by atoms with E-state index < -0.39 is 12.1 Å². The van der Waals surface area contributed by atoms with Crippen LogP contribution in [0.3, 0.4) is 0 Å². The Balaban J connectivity index is 1.43. The summed E-state index contributed by atoms with van der Waals surface area (Å²) in [6, 6.07) is 17.7. The van der Waals surface area contributed by atoms with Crippen LogP contribution in [-0.4, -0.2) is 43.5 Å². The molecule has 138 valence electrons. The number of carbonyl (C=O) groups is 1. The lowest BCUT2D eigenvalue weighted by Gasteiger charge is -2.28. The Morgan fingerprint density at radius 3 is 2.42 bits per heavy atom. The lowest BCUT2D eigenvalue weighted by Crippen LogP contribution is -2.36. The maximum atomic E-state index is 11.9. The molecule has 1 N–H and O–H groups in total. The standard InChI is InChI=1S/C21H25NO4/c23-20(21(24)26-16-18-4-2-1-3-5-18)11-8-17-6-9-19(10-7-17)22-12-14-25-15-13-22/h1-7,9-10,20,23H,8,11-16H2/t20-/m1/s1. The van der Waals surface area contributed by atoms with Gasteiger partial charge in [0.25, 0.3) is 0 Å². The summed E-state index contributed by atoms with van der Waals surface area (Å²) in [5, 5.41) is 10.0. The number of hydrogen-bond donors (Lipinski definition) is 1. The second kappa shape index (κ2) is 9.36. The van der Waals surface area contributed by atoms with Crippen LogP contribution in [-0.2, 0) is 27.3 Å². The maximum absolute atomic E-state index is 11.9. The minimum Gasteiger partial charge on any atom is -0.459 e. The van der Waals surface area contributed by atoms with Crippen LogP contribution in [0.2, 0.25) is 0 Å². The van der Waals surface area contributed by atoms with Crippen LogP contribution in [0.25, 0.3) is 0 Å². The predicted octanol–water partition coefficient (Wildman–Crippen LogP) is 2.56. The van der Waals surface area contributed by atoms with E-state index in [1.807, 2.05) is 42.5 Å². The minimum atomic E-state index is -1.10. The molecule has 0 amide bonds. The first-order valence-electron chi connectivity index (χ1n) is 9.02. The third-order valence-electron chi connectivity index (χ3n) is 4.52. The van der Waals surface area contributed by atoms with Gasteiger partial charge in [-0.15, -0.1) is 0 Å². The number of morpholine rings is 1. The van der Waals surface area contributed by atoms with E-state index in [0.717, 1.165) is 37.4 Å². The zero-order valence-corrected chi connectivity index (χ0v) is 14.8. The molecule has 2 aromatic carbocycles. The van der Waals surface area contributed by atoms with E-state index in [1.54, 1.807) is 0 Å². The molecule has 1 aliphatic rings. The molecule has 0 saturated carbocycles. The molecule has 0 spiro atoms. The molecule has 0 unspecified atom stereocenters. The van der Waals surface area contributed by atoms with Crippen LogP contribution >= 0.6 is 0 Å². The number of nitrogens with zero attached hydrogens (tertiary/aromatic N) is 1. The fraction of sp³-hybridized carbons (Fsp3) is 0.381. The molecule has 0 aromatic heterocycles. The average molecular weight is 355 g/mol. The molecular formula is C21H25NO4. The van der Waals surface area contributed by atoms with Gasteiger partial charge in [0.05, 0.1) is 13.2 Å². The molecule has 1 saturated heterocycles.